The van der Waals surface area contributed by atoms with Crippen LogP contribution in [0.5, 0.6) is 0 Å². The Morgan fingerprint density at radius 1 is 1.00 bits per heavy atom. The summed E-state index contributed by atoms with van der Waals surface area (Å²) in [6, 6.07) is 0. The lowest BCUT2D eigenvalue weighted by atomic mass is 10.2. The lowest BCUT2D eigenvalue weighted by Crippen LogP contribution is -2.05. The molecule has 2 rings (SSSR count). The van der Waals surface area contributed by atoms with Crippen LogP contribution in [-0.2, 0) is 4.74 Å². The van der Waals surface area contributed by atoms with Crippen molar-refractivity contribution in [2.75, 3.05) is 0 Å². The van der Waals surface area contributed by atoms with Gasteiger partial charge in [0.25, 0.3) is 0 Å². The van der Waals surface area contributed by atoms with Gasteiger partial charge in [-0.2, -0.15) is 0 Å². The van der Waals surface area contributed by atoms with Gasteiger partial charge in [0.15, 0.2) is 0 Å². The Balaban J connectivity index is 0.000000140. The highest BCUT2D eigenvalue weighted by Crippen LogP contribution is 2.31. The fraction of sp³-hybridized carbons (Fsp3) is 0.333. The predicted octanol–water partition coefficient (Wildman–Crippen LogP) is 2.11. The van der Waals surface area contributed by atoms with Gasteiger partial charge >= 0.3 is 12.3 Å². The average molecular weight is 198 g/mol. The second kappa shape index (κ2) is 4.45. The van der Waals surface area contributed by atoms with E-state index in [1.165, 1.54) is 6.42 Å². The van der Waals surface area contributed by atoms with Crippen LogP contribution >= 0.6 is 0 Å². The van der Waals surface area contributed by atoms with Crippen LogP contribution in [-0.4, -0.2) is 22.5 Å². The van der Waals surface area contributed by atoms with Crippen molar-refractivity contribution in [3.05, 3.63) is 24.3 Å². The summed E-state index contributed by atoms with van der Waals surface area (Å²) >= 11 is 0. The Kier molecular flexibility index (Phi) is 3.28. The van der Waals surface area contributed by atoms with Crippen LogP contribution < -0.4 is 0 Å². The van der Waals surface area contributed by atoms with Crippen molar-refractivity contribution >= 4 is 12.3 Å². The van der Waals surface area contributed by atoms with Gasteiger partial charge in [-0.3, -0.25) is 0 Å². The van der Waals surface area contributed by atoms with Crippen molar-refractivity contribution < 1.29 is 24.5 Å². The summed E-state index contributed by atoms with van der Waals surface area (Å²) in [6.45, 7) is 0. The van der Waals surface area contributed by atoms with E-state index in [9.17, 15) is 9.59 Å². The molecule has 2 bridgehead atoms. The first-order valence-corrected chi connectivity index (χ1v) is 4.08. The molecule has 0 aromatic rings. The molecule has 0 fully saturated rings. The third kappa shape index (κ3) is 3.30. The maximum atomic E-state index is 9.21. The highest BCUT2D eigenvalue weighted by Gasteiger charge is 2.19. The second-order valence-corrected chi connectivity index (χ2v) is 2.97. The topological polar surface area (TPSA) is 83.8 Å². The number of ether oxygens (including phenoxy) is 1. The Morgan fingerprint density at radius 3 is 1.43 bits per heavy atom. The number of hydrogen-bond donors (Lipinski definition) is 2. The van der Waals surface area contributed by atoms with Crippen molar-refractivity contribution in [2.24, 2.45) is 11.8 Å². The minimum Gasteiger partial charge on any atom is -0.449 e. The Labute approximate surface area is 80.3 Å². The molecule has 76 valence electrons. The lowest BCUT2D eigenvalue weighted by molar-refractivity contribution is 0.0802. The van der Waals surface area contributed by atoms with Gasteiger partial charge in [0.1, 0.15) is 0 Å². The van der Waals surface area contributed by atoms with E-state index in [2.05, 4.69) is 29.0 Å². The molecule has 0 aliphatic heterocycles. The van der Waals surface area contributed by atoms with Gasteiger partial charge in [0.05, 0.1) is 0 Å². The maximum absolute atomic E-state index is 9.21. The Bertz CT molecular complexity index is 252. The summed E-state index contributed by atoms with van der Waals surface area (Å²) < 4.78 is 3.08. The molecule has 0 aromatic heterocycles. The van der Waals surface area contributed by atoms with E-state index in [1.54, 1.807) is 0 Å². The predicted molar refractivity (Wildman–Crippen MR) is 47.0 cm³/mol. The molecular formula is C9H10O5. The molecule has 5 heteroatoms. The smallest absolute Gasteiger partial charge is 0.449 e. The zero-order valence-corrected chi connectivity index (χ0v) is 7.29. The highest BCUT2D eigenvalue weighted by atomic mass is 16.7. The minimum atomic E-state index is -1.81. The zero-order chi connectivity index (χ0) is 10.6. The van der Waals surface area contributed by atoms with E-state index in [-0.39, 0.29) is 0 Å². The van der Waals surface area contributed by atoms with E-state index >= 15 is 0 Å². The number of carbonyl (C=O) groups is 2. The molecule has 2 aliphatic carbocycles. The first kappa shape index (κ1) is 10.3. The number of carboxylic acid groups (broad SMARTS) is 2. The third-order valence-corrected chi connectivity index (χ3v) is 1.93. The van der Waals surface area contributed by atoms with Crippen LogP contribution in [0.25, 0.3) is 0 Å². The van der Waals surface area contributed by atoms with Crippen molar-refractivity contribution in [1.29, 1.82) is 0 Å². The van der Waals surface area contributed by atoms with Crippen LogP contribution in [0.1, 0.15) is 6.42 Å². The van der Waals surface area contributed by atoms with Crippen molar-refractivity contribution in [3.63, 3.8) is 0 Å². The van der Waals surface area contributed by atoms with Crippen molar-refractivity contribution in [1.82, 2.24) is 0 Å². The summed E-state index contributed by atoms with van der Waals surface area (Å²) in [6.07, 6.45) is 6.92. The lowest BCUT2D eigenvalue weighted by Gasteiger charge is -1.88. The Morgan fingerprint density at radius 2 is 1.36 bits per heavy atom. The molecule has 0 saturated heterocycles. The quantitative estimate of drug-likeness (QED) is 0.353. The summed E-state index contributed by atoms with van der Waals surface area (Å²) in [5, 5.41) is 15.0. The molecule has 14 heavy (non-hydrogen) atoms. The summed E-state index contributed by atoms with van der Waals surface area (Å²) in [5.41, 5.74) is 0. The maximum Gasteiger partial charge on any atom is 0.516 e. The van der Waals surface area contributed by atoms with Gasteiger partial charge in [-0.1, -0.05) is 24.3 Å². The van der Waals surface area contributed by atoms with Crippen LogP contribution in [0.3, 0.4) is 0 Å². The standard InChI is InChI=1S/C7H8.C2H2O5/c1-2-7-4-3-6(1)5-7;3-1(4)7-2(5)6/h1-4,6-7H,5H2;(H,3,4)(H,5,6). The van der Waals surface area contributed by atoms with Crippen LogP contribution in [0, 0.1) is 11.8 Å². The molecule has 0 radical (unpaired) electrons. The molecule has 2 N–H and O–H groups in total. The van der Waals surface area contributed by atoms with E-state index < -0.39 is 12.3 Å². The van der Waals surface area contributed by atoms with Gasteiger partial charge in [0.2, 0.25) is 0 Å². The van der Waals surface area contributed by atoms with E-state index in [4.69, 9.17) is 10.2 Å². The van der Waals surface area contributed by atoms with Gasteiger partial charge in [-0.15, -0.1) is 0 Å². The molecule has 0 amide bonds. The fourth-order valence-corrected chi connectivity index (χ4v) is 1.40. The monoisotopic (exact) mass is 198 g/mol. The first-order valence-electron chi connectivity index (χ1n) is 4.08. The van der Waals surface area contributed by atoms with E-state index in [0.717, 1.165) is 11.8 Å². The molecule has 0 heterocycles. The fourth-order valence-electron chi connectivity index (χ4n) is 1.40. The van der Waals surface area contributed by atoms with E-state index in [0.29, 0.717) is 0 Å². The highest BCUT2D eigenvalue weighted by molar-refractivity contribution is 5.74. The molecule has 0 aromatic carbocycles. The van der Waals surface area contributed by atoms with Gasteiger partial charge in [-0.25, -0.2) is 9.59 Å². The number of allylic oxidation sites excluding steroid dienone is 4. The number of rotatable bonds is 0. The SMILES string of the molecule is C1=CC2C=CC1C2.O=C(O)OC(=O)O. The van der Waals surface area contributed by atoms with Crippen LogP contribution in [0.2, 0.25) is 0 Å². The molecule has 2 aliphatic rings. The van der Waals surface area contributed by atoms with Gasteiger partial charge < -0.3 is 14.9 Å². The van der Waals surface area contributed by atoms with Crippen molar-refractivity contribution in [3.8, 4) is 0 Å². The molecule has 0 saturated carbocycles. The normalized spacial score (nSPS) is 25.4. The van der Waals surface area contributed by atoms with Gasteiger partial charge in [-0.05, 0) is 18.3 Å². The first-order chi connectivity index (χ1) is 6.58. The zero-order valence-electron chi connectivity index (χ0n) is 7.29. The summed E-state index contributed by atoms with van der Waals surface area (Å²) in [7, 11) is 0. The van der Waals surface area contributed by atoms with Gasteiger partial charge in [0, 0.05) is 0 Å². The van der Waals surface area contributed by atoms with Crippen LogP contribution in [0.4, 0.5) is 9.59 Å². The largest absolute Gasteiger partial charge is 0.516 e. The molecule has 0 atom stereocenters. The third-order valence-electron chi connectivity index (χ3n) is 1.93. The second-order valence-electron chi connectivity index (χ2n) is 2.97. The molecule has 0 spiro atoms. The van der Waals surface area contributed by atoms with Crippen LogP contribution in [0.15, 0.2) is 24.3 Å². The molecule has 0 unspecified atom stereocenters. The Hall–Kier alpha value is -1.78. The van der Waals surface area contributed by atoms with Crippen molar-refractivity contribution in [2.45, 2.75) is 6.42 Å². The number of hydrogen-bond acceptors (Lipinski definition) is 3. The minimum absolute atomic E-state index is 0.810. The summed E-state index contributed by atoms with van der Waals surface area (Å²) in [5.74, 6) is 1.62. The number of fused-ring (bicyclic) bond motifs is 2. The van der Waals surface area contributed by atoms with E-state index in [1.807, 2.05) is 0 Å². The summed E-state index contributed by atoms with van der Waals surface area (Å²) in [4.78, 5) is 18.4. The molecule has 5 nitrogen and oxygen atoms in total. The molecular weight excluding hydrogens is 188 g/mol. The average Bonchev–Trinajstić information content (AvgIpc) is 2.63.